The summed E-state index contributed by atoms with van der Waals surface area (Å²) in [6.45, 7) is 0.451. The standard InChI is InChI=1S/C24H23N7O4/c1-33-19-11-14-16(12-20(19)34-2)28-24(29-21(14)25)26-9-5-8-18(32)23-31-30-22(35-23)17-10-13-6-3-4-7-15(13)27-17/h3-4,6-7,10-12,27H,5,8-9H2,1-2H3,(H3,25,26,28,29). The highest BCUT2D eigenvalue weighted by molar-refractivity contribution is 5.92. The number of nitrogen functional groups attached to an aromatic ring is 1. The number of rotatable bonds is 9. The molecule has 0 saturated heterocycles. The first kappa shape index (κ1) is 22.1. The SMILES string of the molecule is COc1cc2nc(NCCCC(=O)c3nnc(-c4cc5ccccc5[nH]4)o3)nc(N)c2cc1OC. The highest BCUT2D eigenvalue weighted by Crippen LogP contribution is 2.33. The molecule has 3 aromatic heterocycles. The van der Waals surface area contributed by atoms with Crippen molar-refractivity contribution in [2.45, 2.75) is 12.8 Å². The Balaban J connectivity index is 1.20. The number of benzene rings is 2. The molecule has 0 aliphatic rings. The number of fused-ring (bicyclic) bond motifs is 2. The number of aromatic nitrogens is 5. The van der Waals surface area contributed by atoms with Crippen molar-refractivity contribution in [1.82, 2.24) is 25.1 Å². The number of anilines is 2. The topological polar surface area (TPSA) is 154 Å². The van der Waals surface area contributed by atoms with E-state index in [1.165, 1.54) is 0 Å². The molecule has 5 rings (SSSR count). The van der Waals surface area contributed by atoms with Crippen molar-refractivity contribution in [2.24, 2.45) is 0 Å². The van der Waals surface area contributed by atoms with Gasteiger partial charge in [0, 0.05) is 35.3 Å². The summed E-state index contributed by atoms with van der Waals surface area (Å²) in [7, 11) is 3.10. The summed E-state index contributed by atoms with van der Waals surface area (Å²) >= 11 is 0. The summed E-state index contributed by atoms with van der Waals surface area (Å²) in [5.41, 5.74) is 8.34. The lowest BCUT2D eigenvalue weighted by Gasteiger charge is -2.11. The van der Waals surface area contributed by atoms with E-state index in [9.17, 15) is 4.79 Å². The van der Waals surface area contributed by atoms with Crippen LogP contribution in [0.15, 0.2) is 46.9 Å². The molecule has 11 heteroatoms. The van der Waals surface area contributed by atoms with Gasteiger partial charge in [-0.1, -0.05) is 18.2 Å². The number of Topliss-reactive ketones (excluding diaryl/α,β-unsaturated/α-hetero) is 1. The smallest absolute Gasteiger partial charge is 0.284 e. The van der Waals surface area contributed by atoms with Gasteiger partial charge in [0.25, 0.3) is 11.8 Å². The Labute approximate surface area is 199 Å². The molecular formula is C24H23N7O4. The van der Waals surface area contributed by atoms with Crippen LogP contribution in [0.1, 0.15) is 23.5 Å². The molecule has 0 aliphatic heterocycles. The zero-order valence-corrected chi connectivity index (χ0v) is 19.2. The number of carbonyl (C=O) groups excluding carboxylic acids is 1. The Bertz CT molecular complexity index is 1490. The van der Waals surface area contributed by atoms with E-state index in [0.29, 0.717) is 52.8 Å². The Kier molecular flexibility index (Phi) is 5.88. The van der Waals surface area contributed by atoms with Gasteiger partial charge in [0.05, 0.1) is 19.7 Å². The molecule has 178 valence electrons. The van der Waals surface area contributed by atoms with Crippen LogP contribution in [0.4, 0.5) is 11.8 Å². The number of nitrogens with zero attached hydrogens (tertiary/aromatic N) is 4. The van der Waals surface area contributed by atoms with Gasteiger partial charge in [0.15, 0.2) is 11.5 Å². The minimum Gasteiger partial charge on any atom is -0.493 e. The fourth-order valence-electron chi connectivity index (χ4n) is 3.75. The third-order valence-electron chi connectivity index (χ3n) is 5.52. The van der Waals surface area contributed by atoms with Crippen LogP contribution in [0.2, 0.25) is 0 Å². The molecular weight excluding hydrogens is 450 g/mol. The summed E-state index contributed by atoms with van der Waals surface area (Å²) in [6, 6.07) is 13.2. The van der Waals surface area contributed by atoms with Gasteiger partial charge >= 0.3 is 0 Å². The normalized spacial score (nSPS) is 11.1. The molecule has 0 saturated carbocycles. The Morgan fingerprint density at radius 3 is 2.69 bits per heavy atom. The maximum Gasteiger partial charge on any atom is 0.284 e. The van der Waals surface area contributed by atoms with Crippen LogP contribution in [-0.4, -0.2) is 51.7 Å². The lowest BCUT2D eigenvalue weighted by molar-refractivity contribution is 0.0948. The molecule has 4 N–H and O–H groups in total. The average molecular weight is 473 g/mol. The van der Waals surface area contributed by atoms with Crippen molar-refractivity contribution in [1.29, 1.82) is 0 Å². The Hall–Kier alpha value is -4.67. The van der Waals surface area contributed by atoms with Gasteiger partial charge < -0.3 is 29.9 Å². The van der Waals surface area contributed by atoms with Crippen LogP contribution in [0.5, 0.6) is 11.5 Å². The molecule has 0 fully saturated rings. The molecule has 2 aromatic carbocycles. The summed E-state index contributed by atoms with van der Waals surface area (Å²) in [5, 5.41) is 12.7. The highest BCUT2D eigenvalue weighted by atomic mass is 16.5. The van der Waals surface area contributed by atoms with Gasteiger partial charge in [-0.3, -0.25) is 4.79 Å². The van der Waals surface area contributed by atoms with Crippen molar-refractivity contribution in [3.05, 3.63) is 48.4 Å². The number of ether oxygens (including phenoxy) is 2. The van der Waals surface area contributed by atoms with E-state index in [1.807, 2.05) is 30.3 Å². The molecule has 3 heterocycles. The van der Waals surface area contributed by atoms with Gasteiger partial charge in [0.1, 0.15) is 11.5 Å². The Morgan fingerprint density at radius 1 is 1.09 bits per heavy atom. The van der Waals surface area contributed by atoms with Crippen LogP contribution in [0.25, 0.3) is 33.4 Å². The second kappa shape index (κ2) is 9.29. The molecule has 0 spiro atoms. The summed E-state index contributed by atoms with van der Waals surface area (Å²) in [5.74, 6) is 1.76. The number of hydrogen-bond donors (Lipinski definition) is 3. The van der Waals surface area contributed by atoms with Gasteiger partial charge in [-0.2, -0.15) is 4.98 Å². The van der Waals surface area contributed by atoms with Gasteiger partial charge in [-0.25, -0.2) is 4.98 Å². The van der Waals surface area contributed by atoms with Crippen molar-refractivity contribution < 1.29 is 18.7 Å². The third-order valence-corrected chi connectivity index (χ3v) is 5.52. The van der Waals surface area contributed by atoms with Crippen molar-refractivity contribution >= 4 is 39.4 Å². The molecule has 0 radical (unpaired) electrons. The lowest BCUT2D eigenvalue weighted by atomic mass is 10.2. The second-order valence-corrected chi connectivity index (χ2v) is 7.79. The molecule has 0 bridgehead atoms. The van der Waals surface area contributed by atoms with E-state index in [0.717, 1.165) is 10.9 Å². The van der Waals surface area contributed by atoms with E-state index in [1.54, 1.807) is 26.4 Å². The number of ketones is 1. The van der Waals surface area contributed by atoms with Crippen LogP contribution >= 0.6 is 0 Å². The molecule has 11 nitrogen and oxygen atoms in total. The summed E-state index contributed by atoms with van der Waals surface area (Å²) < 4.78 is 16.2. The van der Waals surface area contributed by atoms with Crippen LogP contribution in [0.3, 0.4) is 0 Å². The van der Waals surface area contributed by atoms with E-state index >= 15 is 0 Å². The predicted molar refractivity (Wildman–Crippen MR) is 131 cm³/mol. The number of para-hydroxylation sites is 1. The maximum atomic E-state index is 12.5. The number of H-pyrrole nitrogens is 1. The minimum atomic E-state index is -0.238. The van der Waals surface area contributed by atoms with Gasteiger partial charge in [-0.15, -0.1) is 10.2 Å². The largest absolute Gasteiger partial charge is 0.493 e. The zero-order valence-electron chi connectivity index (χ0n) is 19.2. The number of nitrogens with two attached hydrogens (primary N) is 1. The fourth-order valence-corrected chi connectivity index (χ4v) is 3.75. The summed E-state index contributed by atoms with van der Waals surface area (Å²) in [4.78, 5) is 24.5. The zero-order chi connectivity index (χ0) is 24.4. The minimum absolute atomic E-state index is 0.0223. The third kappa shape index (κ3) is 4.43. The number of hydrogen-bond acceptors (Lipinski definition) is 10. The first-order chi connectivity index (χ1) is 17.1. The monoisotopic (exact) mass is 473 g/mol. The molecule has 0 amide bonds. The van der Waals surface area contributed by atoms with E-state index in [-0.39, 0.29) is 24.0 Å². The Morgan fingerprint density at radius 2 is 1.89 bits per heavy atom. The number of carbonyl (C=O) groups is 1. The van der Waals surface area contributed by atoms with E-state index in [4.69, 9.17) is 19.6 Å². The highest BCUT2D eigenvalue weighted by Gasteiger charge is 2.17. The molecule has 0 aliphatic carbocycles. The van der Waals surface area contributed by atoms with E-state index < -0.39 is 0 Å². The van der Waals surface area contributed by atoms with E-state index in [2.05, 4.69) is 30.5 Å². The quantitative estimate of drug-likeness (QED) is 0.212. The lowest BCUT2D eigenvalue weighted by Crippen LogP contribution is -2.09. The molecule has 5 aromatic rings. The van der Waals surface area contributed by atoms with Crippen molar-refractivity contribution in [2.75, 3.05) is 31.8 Å². The van der Waals surface area contributed by atoms with Gasteiger partial charge in [0.2, 0.25) is 11.7 Å². The molecule has 35 heavy (non-hydrogen) atoms. The van der Waals surface area contributed by atoms with Crippen molar-refractivity contribution in [3.8, 4) is 23.1 Å². The maximum absolute atomic E-state index is 12.5. The predicted octanol–water partition coefficient (Wildman–Crippen LogP) is 3.84. The first-order valence-electron chi connectivity index (χ1n) is 10.9. The van der Waals surface area contributed by atoms with Crippen LogP contribution < -0.4 is 20.5 Å². The van der Waals surface area contributed by atoms with Crippen LogP contribution in [0, 0.1) is 0 Å². The fraction of sp³-hybridized carbons (Fsp3) is 0.208. The second-order valence-electron chi connectivity index (χ2n) is 7.79. The van der Waals surface area contributed by atoms with Gasteiger partial charge in [-0.05, 0) is 24.6 Å². The first-order valence-corrected chi connectivity index (χ1v) is 10.9. The average Bonchev–Trinajstić information content (AvgIpc) is 3.53. The summed E-state index contributed by atoms with van der Waals surface area (Å²) in [6.07, 6.45) is 0.728. The molecule has 0 unspecified atom stereocenters. The van der Waals surface area contributed by atoms with Crippen molar-refractivity contribution in [3.63, 3.8) is 0 Å². The number of aromatic amines is 1. The number of methoxy groups -OCH3 is 2. The van der Waals surface area contributed by atoms with Crippen LogP contribution in [-0.2, 0) is 0 Å². The number of nitrogens with one attached hydrogen (secondary N) is 2. The molecule has 0 atom stereocenters.